The molecule has 2 aliphatic rings. The Kier molecular flexibility index (Phi) is 3.07. The highest BCUT2D eigenvalue weighted by Crippen LogP contribution is 2.37. The summed E-state index contributed by atoms with van der Waals surface area (Å²) in [7, 11) is 0. The normalized spacial score (nSPS) is 27.4. The van der Waals surface area contributed by atoms with E-state index in [4.69, 9.17) is 4.74 Å². The van der Waals surface area contributed by atoms with Crippen LogP contribution in [0.5, 0.6) is 0 Å². The zero-order chi connectivity index (χ0) is 12.5. The molecule has 5 nitrogen and oxygen atoms in total. The van der Waals surface area contributed by atoms with E-state index in [1.807, 2.05) is 0 Å². The maximum absolute atomic E-state index is 11.5. The number of hydrogen-bond acceptors (Lipinski definition) is 4. The van der Waals surface area contributed by atoms with Gasteiger partial charge in [0.15, 0.2) is 0 Å². The van der Waals surface area contributed by atoms with Crippen molar-refractivity contribution in [3.63, 3.8) is 0 Å². The third kappa shape index (κ3) is 2.56. The van der Waals surface area contributed by atoms with Gasteiger partial charge in [-0.25, -0.2) is 4.98 Å². The predicted molar refractivity (Wildman–Crippen MR) is 68.8 cm³/mol. The molecular weight excluding hydrogens is 230 g/mol. The first kappa shape index (κ1) is 11.7. The molecule has 0 aromatic carbocycles. The van der Waals surface area contributed by atoms with Crippen molar-refractivity contribution in [2.45, 2.75) is 38.2 Å². The van der Waals surface area contributed by atoms with Crippen molar-refractivity contribution in [1.29, 1.82) is 0 Å². The van der Waals surface area contributed by atoms with E-state index in [9.17, 15) is 4.79 Å². The maximum atomic E-state index is 11.5. The van der Waals surface area contributed by atoms with Crippen LogP contribution in [0.4, 0.5) is 5.82 Å². The lowest BCUT2D eigenvalue weighted by Gasteiger charge is -2.15. The average Bonchev–Trinajstić information content (AvgIpc) is 3.11. The van der Waals surface area contributed by atoms with Crippen LogP contribution in [0.1, 0.15) is 37.9 Å². The van der Waals surface area contributed by atoms with E-state index < -0.39 is 0 Å². The summed E-state index contributed by atoms with van der Waals surface area (Å²) in [6, 6.07) is 1.53. The van der Waals surface area contributed by atoms with Crippen molar-refractivity contribution in [3.8, 4) is 0 Å². The molecule has 5 heteroatoms. The second kappa shape index (κ2) is 4.72. The second-order valence-electron chi connectivity index (χ2n) is 5.30. The summed E-state index contributed by atoms with van der Waals surface area (Å²) < 4.78 is 5.52. The van der Waals surface area contributed by atoms with Crippen LogP contribution < -0.4 is 10.9 Å². The van der Waals surface area contributed by atoms with E-state index in [2.05, 4.69) is 22.2 Å². The Morgan fingerprint density at radius 1 is 1.50 bits per heavy atom. The van der Waals surface area contributed by atoms with Crippen LogP contribution in [0.2, 0.25) is 0 Å². The molecule has 2 heterocycles. The Balaban J connectivity index is 1.66. The maximum Gasteiger partial charge on any atom is 0.252 e. The van der Waals surface area contributed by atoms with Crippen molar-refractivity contribution >= 4 is 5.82 Å². The molecule has 0 bridgehead atoms. The van der Waals surface area contributed by atoms with Crippen LogP contribution in [-0.2, 0) is 4.74 Å². The summed E-state index contributed by atoms with van der Waals surface area (Å²) in [5, 5.41) is 3.27. The molecule has 0 amide bonds. The number of nitrogens with one attached hydrogen (secondary N) is 2. The molecule has 1 aromatic rings. The highest BCUT2D eigenvalue weighted by molar-refractivity contribution is 5.34. The number of H-pyrrole nitrogens is 1. The summed E-state index contributed by atoms with van der Waals surface area (Å²) >= 11 is 0. The average molecular weight is 249 g/mol. The van der Waals surface area contributed by atoms with Gasteiger partial charge in [0.2, 0.25) is 0 Å². The Bertz CT molecular complexity index is 481. The van der Waals surface area contributed by atoms with Crippen LogP contribution in [0, 0.1) is 5.92 Å². The number of aromatic nitrogens is 2. The number of nitrogens with zero attached hydrogens (tertiary/aromatic N) is 1. The molecule has 1 aromatic heterocycles. The molecule has 18 heavy (non-hydrogen) atoms. The lowest BCUT2D eigenvalue weighted by Crippen LogP contribution is -2.22. The highest BCUT2D eigenvalue weighted by atomic mass is 16.5. The van der Waals surface area contributed by atoms with Crippen molar-refractivity contribution < 1.29 is 4.74 Å². The quantitative estimate of drug-likeness (QED) is 0.848. The third-order valence-electron chi connectivity index (χ3n) is 3.80. The molecule has 0 radical (unpaired) electrons. The standard InChI is InChI=1S/C13H19N3O2/c1-8-10(4-5-18-8)7-14-11-6-12(17)16-13(15-11)9-2-3-9/h6,8-10H,2-5,7H2,1H3,(H2,14,15,16,17). The van der Waals surface area contributed by atoms with E-state index in [0.717, 1.165) is 38.2 Å². The molecule has 2 unspecified atom stereocenters. The van der Waals surface area contributed by atoms with Crippen LogP contribution >= 0.6 is 0 Å². The molecule has 1 saturated heterocycles. The van der Waals surface area contributed by atoms with Crippen LogP contribution in [0.3, 0.4) is 0 Å². The van der Waals surface area contributed by atoms with E-state index in [1.165, 1.54) is 6.07 Å². The highest BCUT2D eigenvalue weighted by Gasteiger charge is 2.27. The van der Waals surface area contributed by atoms with Crippen LogP contribution in [0.25, 0.3) is 0 Å². The SMILES string of the molecule is CC1OCCC1CNc1cc(=O)[nH]c(C2CC2)n1. The Labute approximate surface area is 106 Å². The summed E-state index contributed by atoms with van der Waals surface area (Å²) in [6.45, 7) is 3.76. The molecule has 2 fully saturated rings. The predicted octanol–water partition coefficient (Wildman–Crippen LogP) is 1.48. The van der Waals surface area contributed by atoms with E-state index >= 15 is 0 Å². The first-order chi connectivity index (χ1) is 8.72. The summed E-state index contributed by atoms with van der Waals surface area (Å²) in [5.41, 5.74) is -0.0647. The zero-order valence-corrected chi connectivity index (χ0v) is 10.6. The van der Waals surface area contributed by atoms with E-state index in [1.54, 1.807) is 0 Å². The molecule has 2 atom stereocenters. The molecule has 3 rings (SSSR count). The van der Waals surface area contributed by atoms with E-state index in [0.29, 0.717) is 23.8 Å². The first-order valence-electron chi connectivity index (χ1n) is 6.69. The largest absolute Gasteiger partial charge is 0.378 e. The number of ether oxygens (including phenoxy) is 1. The minimum Gasteiger partial charge on any atom is -0.378 e. The van der Waals surface area contributed by atoms with Gasteiger partial charge >= 0.3 is 0 Å². The summed E-state index contributed by atoms with van der Waals surface area (Å²) in [5.74, 6) is 2.50. The Hall–Kier alpha value is -1.36. The lowest BCUT2D eigenvalue weighted by atomic mass is 10.0. The van der Waals surface area contributed by atoms with Crippen LogP contribution in [-0.4, -0.2) is 29.2 Å². The van der Waals surface area contributed by atoms with Gasteiger partial charge in [0.05, 0.1) is 6.10 Å². The molecule has 1 saturated carbocycles. The van der Waals surface area contributed by atoms with Gasteiger partial charge in [0.25, 0.3) is 5.56 Å². The topological polar surface area (TPSA) is 67.0 Å². The molecule has 2 N–H and O–H groups in total. The summed E-state index contributed by atoms with van der Waals surface area (Å²) in [4.78, 5) is 18.8. The minimum absolute atomic E-state index is 0.0647. The van der Waals surface area contributed by atoms with Crippen molar-refractivity contribution in [2.75, 3.05) is 18.5 Å². The zero-order valence-electron chi connectivity index (χ0n) is 10.6. The third-order valence-corrected chi connectivity index (χ3v) is 3.80. The summed E-state index contributed by atoms with van der Waals surface area (Å²) in [6.07, 6.45) is 3.65. The van der Waals surface area contributed by atoms with Gasteiger partial charge < -0.3 is 15.0 Å². The minimum atomic E-state index is -0.0647. The fourth-order valence-electron chi connectivity index (χ4n) is 2.40. The van der Waals surface area contributed by atoms with Gasteiger partial charge in [-0.2, -0.15) is 0 Å². The first-order valence-corrected chi connectivity index (χ1v) is 6.69. The number of rotatable bonds is 4. The molecule has 0 spiro atoms. The van der Waals surface area contributed by atoms with Gasteiger partial charge in [-0.3, -0.25) is 4.79 Å². The number of aromatic amines is 1. The molecule has 98 valence electrons. The molecule has 1 aliphatic carbocycles. The number of anilines is 1. The Morgan fingerprint density at radius 2 is 2.33 bits per heavy atom. The number of hydrogen-bond donors (Lipinski definition) is 2. The van der Waals surface area contributed by atoms with Crippen molar-refractivity contribution in [1.82, 2.24) is 9.97 Å². The fourth-order valence-corrected chi connectivity index (χ4v) is 2.40. The van der Waals surface area contributed by atoms with Crippen LogP contribution in [0.15, 0.2) is 10.9 Å². The van der Waals surface area contributed by atoms with Gasteiger partial charge in [0.1, 0.15) is 11.6 Å². The van der Waals surface area contributed by atoms with Gasteiger partial charge in [-0.15, -0.1) is 0 Å². The monoisotopic (exact) mass is 249 g/mol. The van der Waals surface area contributed by atoms with Gasteiger partial charge in [-0.05, 0) is 26.2 Å². The Morgan fingerprint density at radius 3 is 3.00 bits per heavy atom. The second-order valence-corrected chi connectivity index (χ2v) is 5.30. The lowest BCUT2D eigenvalue weighted by molar-refractivity contribution is 0.108. The van der Waals surface area contributed by atoms with Gasteiger partial charge in [0, 0.05) is 31.1 Å². The molecule has 1 aliphatic heterocycles. The molecular formula is C13H19N3O2. The smallest absolute Gasteiger partial charge is 0.252 e. The van der Waals surface area contributed by atoms with Crippen molar-refractivity contribution in [2.24, 2.45) is 5.92 Å². The fraction of sp³-hybridized carbons (Fsp3) is 0.692. The van der Waals surface area contributed by atoms with E-state index in [-0.39, 0.29) is 5.56 Å². The van der Waals surface area contributed by atoms with Gasteiger partial charge in [-0.1, -0.05) is 0 Å². The van der Waals surface area contributed by atoms with Crippen molar-refractivity contribution in [3.05, 3.63) is 22.2 Å².